The quantitative estimate of drug-likeness (QED) is 0.675. The van der Waals surface area contributed by atoms with E-state index < -0.39 is 33.1 Å². The molecule has 0 radical (unpaired) electrons. The number of H-pyrrole nitrogens is 1. The average Bonchev–Trinajstić information content (AvgIpc) is 3.14. The van der Waals surface area contributed by atoms with Crippen LogP contribution in [0.4, 0.5) is 9.39 Å². The van der Waals surface area contributed by atoms with Crippen LogP contribution in [0.15, 0.2) is 45.5 Å². The second kappa shape index (κ2) is 7.31. The topological polar surface area (TPSA) is 90.5 Å². The van der Waals surface area contributed by atoms with Gasteiger partial charge in [-0.2, -0.15) is 0 Å². The van der Waals surface area contributed by atoms with Gasteiger partial charge >= 0.3 is 0 Å². The fourth-order valence-corrected chi connectivity index (χ4v) is 6.20. The predicted molar refractivity (Wildman–Crippen MR) is 107 cm³/mol. The second-order valence-electron chi connectivity index (χ2n) is 6.93. The highest BCUT2D eigenvalue weighted by atomic mass is 32.2. The van der Waals surface area contributed by atoms with Crippen LogP contribution >= 0.6 is 11.3 Å². The van der Waals surface area contributed by atoms with Gasteiger partial charge in [-0.15, -0.1) is 11.3 Å². The van der Waals surface area contributed by atoms with Crippen LogP contribution in [0.2, 0.25) is 0 Å². The number of piperidine rings is 1. The third kappa shape index (κ3) is 3.69. The third-order valence-electron chi connectivity index (χ3n) is 4.87. The maximum absolute atomic E-state index is 14.4. The van der Waals surface area contributed by atoms with E-state index in [-0.39, 0.29) is 15.2 Å². The van der Waals surface area contributed by atoms with Crippen molar-refractivity contribution in [1.29, 1.82) is 0 Å². The molecule has 0 amide bonds. The molecule has 6 nitrogen and oxygen atoms in total. The number of benzene rings is 1. The summed E-state index contributed by atoms with van der Waals surface area (Å²) in [5.41, 5.74) is -0.425. The highest BCUT2D eigenvalue weighted by Gasteiger charge is 2.24. The van der Waals surface area contributed by atoms with Crippen molar-refractivity contribution in [2.24, 2.45) is 0 Å². The molecule has 0 aliphatic carbocycles. The van der Waals surface area contributed by atoms with Gasteiger partial charge in [-0.1, -0.05) is 0 Å². The summed E-state index contributed by atoms with van der Waals surface area (Å²) in [6.45, 7) is 1.24. The van der Waals surface area contributed by atoms with Gasteiger partial charge in [0.1, 0.15) is 10.0 Å². The summed E-state index contributed by atoms with van der Waals surface area (Å²) in [7, 11) is -3.77. The molecule has 3 aromatic rings. The molecular formula is C19H19FN2O4S2. The Morgan fingerprint density at radius 1 is 1.29 bits per heavy atom. The average molecular weight is 423 g/mol. The molecule has 1 saturated heterocycles. The van der Waals surface area contributed by atoms with Gasteiger partial charge in [-0.25, -0.2) is 12.8 Å². The summed E-state index contributed by atoms with van der Waals surface area (Å²) in [6.07, 6.45) is 2.59. The van der Waals surface area contributed by atoms with E-state index in [0.717, 1.165) is 35.7 Å². The zero-order valence-corrected chi connectivity index (χ0v) is 16.5. The first-order valence-corrected chi connectivity index (χ1v) is 11.4. The number of anilines is 1. The van der Waals surface area contributed by atoms with Crippen molar-refractivity contribution in [2.45, 2.75) is 28.9 Å². The molecule has 1 fully saturated rings. The number of aromatic amines is 1. The first kappa shape index (κ1) is 19.1. The molecule has 4 rings (SSSR count). The van der Waals surface area contributed by atoms with Gasteiger partial charge in [-0.05, 0) is 48.6 Å². The molecule has 1 aliphatic rings. The summed E-state index contributed by atoms with van der Waals surface area (Å²) < 4.78 is 40.2. The number of thiophene rings is 1. The molecule has 148 valence electrons. The van der Waals surface area contributed by atoms with Crippen molar-refractivity contribution in [3.05, 3.63) is 58.3 Å². The number of rotatable bonds is 4. The molecule has 2 N–H and O–H groups in total. The molecule has 1 atom stereocenters. The van der Waals surface area contributed by atoms with Crippen molar-refractivity contribution < 1.29 is 17.9 Å². The number of β-amino-alcohol motifs (C(OH)–C–C–N with tert-alkyl or cyclic N) is 1. The zero-order chi connectivity index (χ0) is 19.9. The van der Waals surface area contributed by atoms with E-state index in [4.69, 9.17) is 0 Å². The Morgan fingerprint density at radius 2 is 2.11 bits per heavy atom. The molecular weight excluding hydrogens is 403 g/mol. The Kier molecular flexibility index (Phi) is 4.98. The van der Waals surface area contributed by atoms with E-state index in [1.807, 2.05) is 4.90 Å². The molecule has 0 spiro atoms. The highest BCUT2D eigenvalue weighted by Crippen LogP contribution is 2.33. The number of aliphatic hydroxyl groups is 1. The van der Waals surface area contributed by atoms with Crippen molar-refractivity contribution in [3.63, 3.8) is 0 Å². The van der Waals surface area contributed by atoms with Gasteiger partial charge in [0.05, 0.1) is 16.9 Å². The van der Waals surface area contributed by atoms with E-state index in [1.165, 1.54) is 24.4 Å². The van der Waals surface area contributed by atoms with Gasteiger partial charge in [0.15, 0.2) is 9.84 Å². The van der Waals surface area contributed by atoms with Gasteiger partial charge < -0.3 is 15.0 Å². The Labute approximate surface area is 165 Å². The summed E-state index contributed by atoms with van der Waals surface area (Å²) in [6, 6.07) is 7.29. The van der Waals surface area contributed by atoms with E-state index in [9.17, 15) is 22.7 Å². The highest BCUT2D eigenvalue weighted by molar-refractivity contribution is 7.92. The normalized spacial score (nSPS) is 17.9. The smallest absolute Gasteiger partial charge is 0.255 e. The van der Waals surface area contributed by atoms with Gasteiger partial charge in [0.25, 0.3) is 5.56 Å². The standard InChI is InChI=1S/C19H19FN2O4S2/c20-16-9-12-5-6-21-19(24)15(12)8-13(16)11-28(25,26)18-4-3-17(27-18)22-7-1-2-14(23)10-22/h3-6,8-9,14,23H,1-2,7,10-11H2,(H,21,24). The van der Waals surface area contributed by atoms with Crippen LogP contribution in [-0.4, -0.2) is 37.7 Å². The van der Waals surface area contributed by atoms with Crippen molar-refractivity contribution >= 4 is 36.9 Å². The van der Waals surface area contributed by atoms with Crippen LogP contribution in [0.1, 0.15) is 18.4 Å². The molecule has 0 bridgehead atoms. The van der Waals surface area contributed by atoms with Crippen LogP contribution in [0.3, 0.4) is 0 Å². The van der Waals surface area contributed by atoms with Crippen LogP contribution in [0.25, 0.3) is 10.8 Å². The lowest BCUT2D eigenvalue weighted by atomic mass is 10.1. The molecule has 2 aromatic heterocycles. The summed E-state index contributed by atoms with van der Waals surface area (Å²) >= 11 is 1.12. The van der Waals surface area contributed by atoms with Crippen LogP contribution in [0, 0.1) is 5.82 Å². The monoisotopic (exact) mass is 422 g/mol. The number of fused-ring (bicyclic) bond motifs is 1. The van der Waals surface area contributed by atoms with E-state index in [1.54, 1.807) is 12.1 Å². The number of sulfone groups is 1. The SMILES string of the molecule is O=c1[nH]ccc2cc(F)c(CS(=O)(=O)c3ccc(N4CCCC(O)C4)s3)cc12. The van der Waals surface area contributed by atoms with Crippen molar-refractivity contribution in [1.82, 2.24) is 4.98 Å². The minimum absolute atomic E-state index is 0.0347. The van der Waals surface area contributed by atoms with Gasteiger partial charge in [0, 0.05) is 30.2 Å². The number of hydrogen-bond donors (Lipinski definition) is 2. The zero-order valence-electron chi connectivity index (χ0n) is 14.9. The number of pyridine rings is 1. The lowest BCUT2D eigenvalue weighted by Crippen LogP contribution is -2.37. The molecule has 1 aromatic carbocycles. The molecule has 0 saturated carbocycles. The van der Waals surface area contributed by atoms with E-state index >= 15 is 0 Å². The maximum Gasteiger partial charge on any atom is 0.255 e. The van der Waals surface area contributed by atoms with Crippen LogP contribution < -0.4 is 10.5 Å². The summed E-state index contributed by atoms with van der Waals surface area (Å²) in [5.74, 6) is -1.18. The maximum atomic E-state index is 14.4. The molecule has 1 aliphatic heterocycles. The molecule has 9 heteroatoms. The minimum atomic E-state index is -3.77. The fraction of sp³-hybridized carbons (Fsp3) is 0.316. The number of nitrogens with zero attached hydrogens (tertiary/aromatic N) is 1. The first-order valence-electron chi connectivity index (χ1n) is 8.89. The van der Waals surface area contributed by atoms with E-state index in [2.05, 4.69) is 4.98 Å². The van der Waals surface area contributed by atoms with Crippen LogP contribution in [-0.2, 0) is 15.6 Å². The van der Waals surface area contributed by atoms with Gasteiger partial charge in [0.2, 0.25) is 0 Å². The van der Waals surface area contributed by atoms with Gasteiger partial charge in [-0.3, -0.25) is 4.79 Å². The Morgan fingerprint density at radius 3 is 2.89 bits per heavy atom. The third-order valence-corrected chi connectivity index (χ3v) is 8.26. The largest absolute Gasteiger partial charge is 0.391 e. The van der Waals surface area contributed by atoms with Crippen LogP contribution in [0.5, 0.6) is 0 Å². The Balaban J connectivity index is 1.63. The Hall–Kier alpha value is -2.23. The number of aromatic nitrogens is 1. The molecule has 1 unspecified atom stereocenters. The number of nitrogens with one attached hydrogen (secondary N) is 1. The number of hydrogen-bond acceptors (Lipinski definition) is 6. The predicted octanol–water partition coefficient (Wildman–Crippen LogP) is 2.66. The summed E-state index contributed by atoms with van der Waals surface area (Å²) in [4.78, 5) is 16.4. The first-order chi connectivity index (χ1) is 13.3. The molecule has 3 heterocycles. The van der Waals surface area contributed by atoms with Crippen molar-refractivity contribution in [2.75, 3.05) is 18.0 Å². The molecule has 28 heavy (non-hydrogen) atoms. The summed E-state index contributed by atoms with van der Waals surface area (Å²) in [5, 5.41) is 11.3. The fourth-order valence-electron chi connectivity index (χ4n) is 3.44. The second-order valence-corrected chi connectivity index (χ2v) is 10.2. The number of aliphatic hydroxyl groups excluding tert-OH is 1. The Bertz CT molecular complexity index is 1190. The lowest BCUT2D eigenvalue weighted by Gasteiger charge is -2.30. The van der Waals surface area contributed by atoms with E-state index in [0.29, 0.717) is 11.9 Å². The lowest BCUT2D eigenvalue weighted by molar-refractivity contribution is 0.154. The number of halogens is 1. The van der Waals surface area contributed by atoms with Crippen molar-refractivity contribution in [3.8, 4) is 0 Å². The minimum Gasteiger partial charge on any atom is -0.391 e.